The lowest BCUT2D eigenvalue weighted by Gasteiger charge is -2.21. The van der Waals surface area contributed by atoms with Gasteiger partial charge in [-0.15, -0.1) is 0 Å². The van der Waals surface area contributed by atoms with E-state index < -0.39 is 0 Å². The molecule has 3 rings (SSSR count). The first-order valence-corrected chi connectivity index (χ1v) is 8.32. The van der Waals surface area contributed by atoms with Gasteiger partial charge in [-0.2, -0.15) is 5.10 Å². The molecule has 0 spiro atoms. The van der Waals surface area contributed by atoms with Crippen molar-refractivity contribution in [2.75, 3.05) is 10.2 Å². The van der Waals surface area contributed by atoms with Gasteiger partial charge in [0.2, 0.25) is 5.91 Å². The van der Waals surface area contributed by atoms with E-state index in [2.05, 4.69) is 17.0 Å². The van der Waals surface area contributed by atoms with Gasteiger partial charge in [0.1, 0.15) is 0 Å². The summed E-state index contributed by atoms with van der Waals surface area (Å²) in [6, 6.07) is 7.29. The number of hydrogen-bond donors (Lipinski definition) is 1. The third-order valence-electron chi connectivity index (χ3n) is 4.50. The molecular weight excluding hydrogens is 316 g/mol. The van der Waals surface area contributed by atoms with Crippen LogP contribution in [0.4, 0.5) is 11.4 Å². The predicted octanol–water partition coefficient (Wildman–Crippen LogP) is 2.80. The number of hydrogen-bond acceptors (Lipinski definition) is 3. The number of nitrogens with one attached hydrogen (secondary N) is 1. The number of anilines is 2. The highest BCUT2D eigenvalue weighted by Gasteiger charge is 2.29. The van der Waals surface area contributed by atoms with Crippen molar-refractivity contribution in [3.8, 4) is 0 Å². The summed E-state index contributed by atoms with van der Waals surface area (Å²) in [5.74, 6) is 0.0443. The molecule has 6 heteroatoms. The van der Waals surface area contributed by atoms with Crippen molar-refractivity contribution in [1.82, 2.24) is 9.78 Å². The summed E-state index contributed by atoms with van der Waals surface area (Å²) in [6.07, 6.45) is 5.00. The second-order valence-corrected chi connectivity index (χ2v) is 6.32. The molecule has 1 aliphatic carbocycles. The van der Waals surface area contributed by atoms with Crippen molar-refractivity contribution in [1.29, 1.82) is 0 Å². The van der Waals surface area contributed by atoms with Crippen molar-refractivity contribution in [2.45, 2.75) is 26.3 Å². The standard InChI is InChI=1S/C19H22N4O2/c1-4-18(24)23(12-15-11-20-22(3)13(15)2)17-9-7-16(8-10-17)21-19(25)14-5-6-14/h4,7-11,14H,1,5-6,12H2,2-3H3,(H,21,25). The van der Waals surface area contributed by atoms with E-state index in [0.717, 1.165) is 35.5 Å². The third-order valence-corrected chi connectivity index (χ3v) is 4.50. The number of carbonyl (C=O) groups is 2. The monoisotopic (exact) mass is 338 g/mol. The maximum Gasteiger partial charge on any atom is 0.250 e. The van der Waals surface area contributed by atoms with Crippen LogP contribution in [0.25, 0.3) is 0 Å². The molecule has 0 unspecified atom stereocenters. The Labute approximate surface area is 147 Å². The Kier molecular flexibility index (Phi) is 4.70. The molecule has 1 fully saturated rings. The van der Waals surface area contributed by atoms with Crippen LogP contribution >= 0.6 is 0 Å². The van der Waals surface area contributed by atoms with Crippen molar-refractivity contribution in [3.05, 3.63) is 54.4 Å². The van der Waals surface area contributed by atoms with Crippen LogP contribution in [0.5, 0.6) is 0 Å². The summed E-state index contributed by atoms with van der Waals surface area (Å²) >= 11 is 0. The number of aromatic nitrogens is 2. The summed E-state index contributed by atoms with van der Waals surface area (Å²) in [4.78, 5) is 25.8. The number of rotatable bonds is 6. The van der Waals surface area contributed by atoms with Gasteiger partial charge in [0.05, 0.1) is 12.7 Å². The Balaban J connectivity index is 1.78. The fourth-order valence-electron chi connectivity index (χ4n) is 2.59. The van der Waals surface area contributed by atoms with Crippen molar-refractivity contribution >= 4 is 23.2 Å². The molecule has 0 radical (unpaired) electrons. The lowest BCUT2D eigenvalue weighted by atomic mass is 10.2. The SMILES string of the molecule is C=CC(=O)N(Cc1cnn(C)c1C)c1ccc(NC(=O)C2CC2)cc1. The lowest BCUT2D eigenvalue weighted by molar-refractivity contribution is -0.117. The maximum atomic E-state index is 12.3. The molecule has 1 aliphatic rings. The highest BCUT2D eigenvalue weighted by Crippen LogP contribution is 2.30. The summed E-state index contributed by atoms with van der Waals surface area (Å²) in [5.41, 5.74) is 3.47. The third kappa shape index (κ3) is 3.79. The summed E-state index contributed by atoms with van der Waals surface area (Å²) < 4.78 is 1.78. The van der Waals surface area contributed by atoms with E-state index in [1.165, 1.54) is 6.08 Å². The lowest BCUT2D eigenvalue weighted by Crippen LogP contribution is -2.28. The highest BCUT2D eigenvalue weighted by atomic mass is 16.2. The average Bonchev–Trinajstić information content (AvgIpc) is 3.42. The molecule has 1 N–H and O–H groups in total. The zero-order chi connectivity index (χ0) is 18.0. The molecule has 1 heterocycles. The van der Waals surface area contributed by atoms with Gasteiger partial charge in [0.25, 0.3) is 5.91 Å². The minimum Gasteiger partial charge on any atom is -0.326 e. The van der Waals surface area contributed by atoms with Crippen LogP contribution in [0.1, 0.15) is 24.1 Å². The zero-order valence-corrected chi connectivity index (χ0v) is 14.5. The number of aryl methyl sites for hydroxylation is 1. The maximum absolute atomic E-state index is 12.3. The van der Waals surface area contributed by atoms with Crippen LogP contribution in [0.3, 0.4) is 0 Å². The van der Waals surface area contributed by atoms with E-state index in [4.69, 9.17) is 0 Å². The Morgan fingerprint density at radius 1 is 1.36 bits per heavy atom. The van der Waals surface area contributed by atoms with E-state index >= 15 is 0 Å². The van der Waals surface area contributed by atoms with E-state index in [1.54, 1.807) is 15.8 Å². The van der Waals surface area contributed by atoms with Crippen LogP contribution in [-0.4, -0.2) is 21.6 Å². The highest BCUT2D eigenvalue weighted by molar-refractivity contribution is 6.01. The number of nitrogens with zero attached hydrogens (tertiary/aromatic N) is 3. The van der Waals surface area contributed by atoms with Crippen molar-refractivity contribution < 1.29 is 9.59 Å². The number of amides is 2. The average molecular weight is 338 g/mol. The molecule has 0 aliphatic heterocycles. The molecule has 1 saturated carbocycles. The van der Waals surface area contributed by atoms with Gasteiger partial charge < -0.3 is 10.2 Å². The van der Waals surface area contributed by atoms with Gasteiger partial charge in [0.15, 0.2) is 0 Å². The number of carbonyl (C=O) groups excluding carboxylic acids is 2. The predicted molar refractivity (Wildman–Crippen MR) is 97.1 cm³/mol. The van der Waals surface area contributed by atoms with Gasteiger partial charge in [-0.25, -0.2) is 0 Å². The van der Waals surface area contributed by atoms with Crippen LogP contribution in [0, 0.1) is 12.8 Å². The first kappa shape index (κ1) is 17.0. The van der Waals surface area contributed by atoms with Crippen LogP contribution < -0.4 is 10.2 Å². The normalized spacial score (nSPS) is 13.4. The van der Waals surface area contributed by atoms with Crippen LogP contribution in [0.15, 0.2) is 43.1 Å². The molecule has 25 heavy (non-hydrogen) atoms. The second kappa shape index (κ2) is 6.93. The number of benzene rings is 1. The minimum atomic E-state index is -0.182. The summed E-state index contributed by atoms with van der Waals surface area (Å²) in [5, 5.41) is 7.12. The van der Waals surface area contributed by atoms with Crippen LogP contribution in [0.2, 0.25) is 0 Å². The molecule has 2 aromatic rings. The van der Waals surface area contributed by atoms with Gasteiger partial charge in [-0.05, 0) is 50.1 Å². The van der Waals surface area contributed by atoms with Gasteiger partial charge in [-0.1, -0.05) is 6.58 Å². The molecule has 0 bridgehead atoms. The Bertz CT molecular complexity index is 803. The minimum absolute atomic E-state index is 0.0674. The van der Waals surface area contributed by atoms with E-state index in [-0.39, 0.29) is 17.7 Å². The molecule has 0 atom stereocenters. The van der Waals surface area contributed by atoms with Gasteiger partial charge >= 0.3 is 0 Å². The summed E-state index contributed by atoms with van der Waals surface area (Å²) in [7, 11) is 1.87. The van der Waals surface area contributed by atoms with Gasteiger partial charge in [0, 0.05) is 35.6 Å². The van der Waals surface area contributed by atoms with E-state index in [0.29, 0.717) is 6.54 Å². The van der Waals surface area contributed by atoms with Crippen LogP contribution in [-0.2, 0) is 23.2 Å². The molecule has 130 valence electrons. The molecular formula is C19H22N4O2. The first-order valence-electron chi connectivity index (χ1n) is 8.32. The fourth-order valence-corrected chi connectivity index (χ4v) is 2.59. The molecule has 1 aromatic carbocycles. The quantitative estimate of drug-likeness (QED) is 0.824. The Morgan fingerprint density at radius 2 is 2.04 bits per heavy atom. The van der Waals surface area contributed by atoms with Crippen molar-refractivity contribution in [2.24, 2.45) is 13.0 Å². The molecule has 1 aromatic heterocycles. The first-order chi connectivity index (χ1) is 12.0. The zero-order valence-electron chi connectivity index (χ0n) is 14.5. The molecule has 2 amide bonds. The van der Waals surface area contributed by atoms with Crippen molar-refractivity contribution in [3.63, 3.8) is 0 Å². The second-order valence-electron chi connectivity index (χ2n) is 6.32. The topological polar surface area (TPSA) is 67.2 Å². The Morgan fingerprint density at radius 3 is 2.56 bits per heavy atom. The van der Waals surface area contributed by atoms with Gasteiger partial charge in [-0.3, -0.25) is 14.3 Å². The molecule has 6 nitrogen and oxygen atoms in total. The molecule has 0 saturated heterocycles. The smallest absolute Gasteiger partial charge is 0.250 e. The largest absolute Gasteiger partial charge is 0.326 e. The van der Waals surface area contributed by atoms with E-state index in [1.807, 2.05) is 38.2 Å². The fraction of sp³-hybridized carbons (Fsp3) is 0.316. The summed E-state index contributed by atoms with van der Waals surface area (Å²) in [6.45, 7) is 5.97. The van der Waals surface area contributed by atoms with E-state index in [9.17, 15) is 9.59 Å². The Hall–Kier alpha value is -2.89.